The van der Waals surface area contributed by atoms with Gasteiger partial charge in [-0.3, -0.25) is 0 Å². The van der Waals surface area contributed by atoms with Crippen molar-refractivity contribution in [2.75, 3.05) is 13.1 Å². The van der Waals surface area contributed by atoms with Gasteiger partial charge in [0.25, 0.3) is 0 Å². The SMILES string of the molecule is CCC1(OCc2nnc(C)o2)CCCN(C(=O)OC(C)(C)C)C1. The van der Waals surface area contributed by atoms with Crippen LogP contribution in [0.4, 0.5) is 4.79 Å². The number of rotatable bonds is 4. The first-order valence-corrected chi connectivity index (χ1v) is 8.14. The topological polar surface area (TPSA) is 77.7 Å². The Labute approximate surface area is 137 Å². The fraction of sp³-hybridized carbons (Fsp3) is 0.812. The van der Waals surface area contributed by atoms with Gasteiger partial charge in [0.05, 0.1) is 12.1 Å². The predicted molar refractivity (Wildman–Crippen MR) is 83.9 cm³/mol. The third-order valence-corrected chi connectivity index (χ3v) is 3.91. The van der Waals surface area contributed by atoms with E-state index in [0.717, 1.165) is 19.3 Å². The van der Waals surface area contributed by atoms with Gasteiger partial charge in [0.15, 0.2) is 0 Å². The molecule has 0 bridgehead atoms. The fourth-order valence-electron chi connectivity index (χ4n) is 2.70. The standard InChI is InChI=1S/C16H27N3O4/c1-6-16(21-10-13-18-17-12(2)22-13)8-7-9-19(11-16)14(20)23-15(3,4)5/h6-11H2,1-5H3. The number of ether oxygens (including phenoxy) is 2. The fourth-order valence-corrected chi connectivity index (χ4v) is 2.70. The summed E-state index contributed by atoms with van der Waals surface area (Å²) in [4.78, 5) is 14.0. The van der Waals surface area contributed by atoms with Crippen molar-refractivity contribution in [2.24, 2.45) is 0 Å². The summed E-state index contributed by atoms with van der Waals surface area (Å²) in [5, 5.41) is 7.75. The van der Waals surface area contributed by atoms with Gasteiger partial charge in [-0.15, -0.1) is 10.2 Å². The zero-order chi connectivity index (χ0) is 17.1. The Morgan fingerprint density at radius 3 is 2.70 bits per heavy atom. The Kier molecular flexibility index (Phi) is 5.29. The largest absolute Gasteiger partial charge is 0.444 e. The van der Waals surface area contributed by atoms with Crippen molar-refractivity contribution in [3.63, 3.8) is 0 Å². The molecule has 1 aliphatic heterocycles. The zero-order valence-corrected chi connectivity index (χ0v) is 14.7. The Morgan fingerprint density at radius 1 is 1.39 bits per heavy atom. The van der Waals surface area contributed by atoms with Crippen molar-refractivity contribution >= 4 is 6.09 Å². The molecular formula is C16H27N3O4. The van der Waals surface area contributed by atoms with Gasteiger partial charge in [-0.1, -0.05) is 6.92 Å². The number of carbonyl (C=O) groups is 1. The van der Waals surface area contributed by atoms with Crippen LogP contribution in [0, 0.1) is 6.92 Å². The van der Waals surface area contributed by atoms with Crippen molar-refractivity contribution in [3.05, 3.63) is 11.8 Å². The minimum absolute atomic E-state index is 0.261. The molecule has 0 radical (unpaired) electrons. The van der Waals surface area contributed by atoms with Crippen LogP contribution in [0.1, 0.15) is 58.7 Å². The molecule has 7 heteroatoms. The monoisotopic (exact) mass is 325 g/mol. The lowest BCUT2D eigenvalue weighted by Gasteiger charge is -2.42. The molecule has 7 nitrogen and oxygen atoms in total. The Hall–Kier alpha value is -1.63. The van der Waals surface area contributed by atoms with E-state index < -0.39 is 11.2 Å². The summed E-state index contributed by atoms with van der Waals surface area (Å²) in [6.45, 7) is 10.9. The number of nitrogens with zero attached hydrogens (tertiary/aromatic N) is 3. The number of carbonyl (C=O) groups excluding carboxylic acids is 1. The molecule has 1 unspecified atom stereocenters. The first-order chi connectivity index (χ1) is 10.7. The van der Waals surface area contributed by atoms with E-state index in [4.69, 9.17) is 13.9 Å². The van der Waals surface area contributed by atoms with E-state index in [1.54, 1.807) is 11.8 Å². The normalized spacial score (nSPS) is 22.2. The van der Waals surface area contributed by atoms with Crippen LogP contribution in [0.25, 0.3) is 0 Å². The molecule has 2 heterocycles. The van der Waals surface area contributed by atoms with E-state index in [2.05, 4.69) is 17.1 Å². The predicted octanol–water partition coefficient (Wildman–Crippen LogP) is 3.07. The summed E-state index contributed by atoms with van der Waals surface area (Å²) in [7, 11) is 0. The molecule has 1 aliphatic rings. The Bertz CT molecular complexity index is 538. The number of aryl methyl sites for hydroxylation is 1. The minimum atomic E-state index is -0.494. The molecule has 1 saturated heterocycles. The molecule has 0 saturated carbocycles. The van der Waals surface area contributed by atoms with Crippen LogP contribution in [0.3, 0.4) is 0 Å². The molecule has 1 aromatic heterocycles. The van der Waals surface area contributed by atoms with Gasteiger partial charge in [0.2, 0.25) is 11.8 Å². The highest BCUT2D eigenvalue weighted by Crippen LogP contribution is 2.30. The van der Waals surface area contributed by atoms with E-state index in [1.807, 2.05) is 20.8 Å². The lowest BCUT2D eigenvalue weighted by molar-refractivity contribution is -0.106. The maximum absolute atomic E-state index is 12.3. The van der Waals surface area contributed by atoms with E-state index in [0.29, 0.717) is 24.9 Å². The average molecular weight is 325 g/mol. The van der Waals surface area contributed by atoms with Crippen LogP contribution >= 0.6 is 0 Å². The van der Waals surface area contributed by atoms with Crippen LogP contribution in [-0.2, 0) is 16.1 Å². The maximum Gasteiger partial charge on any atom is 0.410 e. The van der Waals surface area contributed by atoms with Gasteiger partial charge in [-0.05, 0) is 40.0 Å². The van der Waals surface area contributed by atoms with Crippen molar-refractivity contribution in [1.82, 2.24) is 15.1 Å². The third-order valence-electron chi connectivity index (χ3n) is 3.91. The quantitative estimate of drug-likeness (QED) is 0.846. The number of hydrogen-bond acceptors (Lipinski definition) is 6. The lowest BCUT2D eigenvalue weighted by Crippen LogP contribution is -2.52. The molecule has 0 N–H and O–H groups in total. The lowest BCUT2D eigenvalue weighted by atomic mass is 9.90. The highest BCUT2D eigenvalue weighted by Gasteiger charge is 2.38. The van der Waals surface area contributed by atoms with Crippen molar-refractivity contribution in [1.29, 1.82) is 0 Å². The summed E-state index contributed by atoms with van der Waals surface area (Å²) >= 11 is 0. The van der Waals surface area contributed by atoms with Gasteiger partial charge in [0, 0.05) is 13.5 Å². The summed E-state index contributed by atoms with van der Waals surface area (Å²) in [6, 6.07) is 0. The molecular weight excluding hydrogens is 298 g/mol. The molecule has 130 valence electrons. The first-order valence-electron chi connectivity index (χ1n) is 8.14. The first kappa shape index (κ1) is 17.7. The van der Waals surface area contributed by atoms with E-state index >= 15 is 0 Å². The molecule has 0 aliphatic carbocycles. The summed E-state index contributed by atoms with van der Waals surface area (Å²) in [6.07, 6.45) is 2.30. The highest BCUT2D eigenvalue weighted by molar-refractivity contribution is 5.68. The molecule has 1 amide bonds. The van der Waals surface area contributed by atoms with E-state index in [1.165, 1.54) is 0 Å². The van der Waals surface area contributed by atoms with Gasteiger partial charge in [-0.2, -0.15) is 0 Å². The number of likely N-dealkylation sites (tertiary alicyclic amines) is 1. The van der Waals surface area contributed by atoms with Gasteiger partial charge in [-0.25, -0.2) is 4.79 Å². The van der Waals surface area contributed by atoms with Crippen molar-refractivity contribution < 1.29 is 18.7 Å². The smallest absolute Gasteiger partial charge is 0.410 e. The molecule has 0 spiro atoms. The third kappa shape index (κ3) is 4.92. The summed E-state index contributed by atoms with van der Waals surface area (Å²) < 4.78 is 16.9. The second-order valence-corrected chi connectivity index (χ2v) is 7.05. The Balaban J connectivity index is 1.98. The highest BCUT2D eigenvalue weighted by atomic mass is 16.6. The number of aromatic nitrogens is 2. The van der Waals surface area contributed by atoms with Crippen LogP contribution < -0.4 is 0 Å². The Morgan fingerprint density at radius 2 is 2.13 bits per heavy atom. The molecule has 23 heavy (non-hydrogen) atoms. The average Bonchev–Trinajstić information content (AvgIpc) is 2.89. The summed E-state index contributed by atoms with van der Waals surface area (Å²) in [5.41, 5.74) is -0.886. The molecule has 1 atom stereocenters. The number of hydrogen-bond donors (Lipinski definition) is 0. The maximum atomic E-state index is 12.3. The van der Waals surface area contributed by atoms with Crippen molar-refractivity contribution in [3.8, 4) is 0 Å². The van der Waals surface area contributed by atoms with Crippen molar-refractivity contribution in [2.45, 2.75) is 71.7 Å². The minimum Gasteiger partial charge on any atom is -0.444 e. The van der Waals surface area contributed by atoms with Crippen LogP contribution in [-0.4, -0.2) is 45.5 Å². The van der Waals surface area contributed by atoms with Gasteiger partial charge >= 0.3 is 6.09 Å². The number of amides is 1. The van der Waals surface area contributed by atoms with Crippen LogP contribution in [0.5, 0.6) is 0 Å². The number of piperidine rings is 1. The van der Waals surface area contributed by atoms with Crippen LogP contribution in [0.15, 0.2) is 4.42 Å². The second kappa shape index (κ2) is 6.86. The van der Waals surface area contributed by atoms with E-state index in [9.17, 15) is 4.79 Å². The molecule has 0 aromatic carbocycles. The molecule has 1 aromatic rings. The van der Waals surface area contributed by atoms with Crippen LogP contribution in [0.2, 0.25) is 0 Å². The molecule has 2 rings (SSSR count). The van der Waals surface area contributed by atoms with E-state index in [-0.39, 0.29) is 12.7 Å². The van der Waals surface area contributed by atoms with Gasteiger partial charge < -0.3 is 18.8 Å². The zero-order valence-electron chi connectivity index (χ0n) is 14.7. The van der Waals surface area contributed by atoms with Gasteiger partial charge in [0.1, 0.15) is 12.2 Å². The summed E-state index contributed by atoms with van der Waals surface area (Å²) in [5.74, 6) is 0.984. The molecule has 1 fully saturated rings. The second-order valence-electron chi connectivity index (χ2n) is 7.05.